The molecule has 15 heavy (non-hydrogen) atoms. The molecule has 0 amide bonds. The fraction of sp³-hybridized carbons (Fsp3) is 1.00. The highest BCUT2D eigenvalue weighted by atomic mass is 16.5. The van der Waals surface area contributed by atoms with Gasteiger partial charge in [-0.3, -0.25) is 0 Å². The van der Waals surface area contributed by atoms with Gasteiger partial charge in [0.2, 0.25) is 0 Å². The standard InChI is InChI=1S/C12H24N2O/c1-15-12(5-2-6-12)10-14-9-11-3-7-13-8-4-11/h11,13-14H,2-10H2,1H3. The third-order valence-electron chi connectivity index (χ3n) is 4.04. The molecule has 0 aromatic heterocycles. The van der Waals surface area contributed by atoms with Crippen molar-refractivity contribution in [1.29, 1.82) is 0 Å². The Balaban J connectivity index is 1.61. The fourth-order valence-electron chi connectivity index (χ4n) is 2.61. The second-order valence-electron chi connectivity index (χ2n) is 5.06. The summed E-state index contributed by atoms with van der Waals surface area (Å²) >= 11 is 0. The Morgan fingerprint density at radius 3 is 2.60 bits per heavy atom. The van der Waals surface area contributed by atoms with Crippen molar-refractivity contribution in [1.82, 2.24) is 10.6 Å². The van der Waals surface area contributed by atoms with Crippen LogP contribution in [0.2, 0.25) is 0 Å². The summed E-state index contributed by atoms with van der Waals surface area (Å²) in [4.78, 5) is 0. The van der Waals surface area contributed by atoms with E-state index in [0.717, 1.165) is 12.5 Å². The number of hydrogen-bond acceptors (Lipinski definition) is 3. The minimum absolute atomic E-state index is 0.187. The number of methoxy groups -OCH3 is 1. The van der Waals surface area contributed by atoms with E-state index in [9.17, 15) is 0 Å². The van der Waals surface area contributed by atoms with Crippen molar-refractivity contribution >= 4 is 0 Å². The van der Waals surface area contributed by atoms with Crippen LogP contribution in [0, 0.1) is 5.92 Å². The Morgan fingerprint density at radius 1 is 1.33 bits per heavy atom. The molecule has 2 N–H and O–H groups in total. The largest absolute Gasteiger partial charge is 0.377 e. The Bertz CT molecular complexity index is 181. The molecule has 1 saturated heterocycles. The molecule has 88 valence electrons. The highest BCUT2D eigenvalue weighted by molar-refractivity contribution is 4.91. The number of piperidine rings is 1. The number of nitrogens with one attached hydrogen (secondary N) is 2. The van der Waals surface area contributed by atoms with E-state index in [-0.39, 0.29) is 5.60 Å². The van der Waals surface area contributed by atoms with Crippen LogP contribution in [0.5, 0.6) is 0 Å². The van der Waals surface area contributed by atoms with Crippen molar-refractivity contribution in [3.05, 3.63) is 0 Å². The number of rotatable bonds is 5. The summed E-state index contributed by atoms with van der Waals surface area (Å²) < 4.78 is 5.59. The summed E-state index contributed by atoms with van der Waals surface area (Å²) in [6.45, 7) is 4.61. The van der Waals surface area contributed by atoms with E-state index < -0.39 is 0 Å². The zero-order chi connectivity index (χ0) is 10.6. The first-order valence-corrected chi connectivity index (χ1v) is 6.31. The maximum atomic E-state index is 5.59. The van der Waals surface area contributed by atoms with Crippen LogP contribution in [0.4, 0.5) is 0 Å². The summed E-state index contributed by atoms with van der Waals surface area (Å²) in [6.07, 6.45) is 6.47. The summed E-state index contributed by atoms with van der Waals surface area (Å²) in [5.74, 6) is 0.875. The molecule has 2 fully saturated rings. The SMILES string of the molecule is COC1(CNCC2CCNCC2)CCC1. The molecule has 3 heteroatoms. The van der Waals surface area contributed by atoms with Gasteiger partial charge in [0.1, 0.15) is 0 Å². The molecule has 1 saturated carbocycles. The molecule has 2 aliphatic rings. The molecule has 1 aliphatic heterocycles. The topological polar surface area (TPSA) is 33.3 Å². The average Bonchev–Trinajstić information content (AvgIpc) is 2.24. The third kappa shape index (κ3) is 2.92. The van der Waals surface area contributed by atoms with Crippen molar-refractivity contribution in [2.24, 2.45) is 5.92 Å². The molecule has 1 heterocycles. The Kier molecular flexibility index (Phi) is 4.00. The predicted molar refractivity (Wildman–Crippen MR) is 62.1 cm³/mol. The molecule has 0 spiro atoms. The van der Waals surface area contributed by atoms with Gasteiger partial charge < -0.3 is 15.4 Å². The van der Waals surface area contributed by atoms with E-state index in [2.05, 4.69) is 10.6 Å². The molecule has 0 bridgehead atoms. The van der Waals surface area contributed by atoms with Crippen LogP contribution in [0.3, 0.4) is 0 Å². The summed E-state index contributed by atoms with van der Waals surface area (Å²) in [5.41, 5.74) is 0.187. The predicted octanol–water partition coefficient (Wildman–Crippen LogP) is 1.14. The normalized spacial score (nSPS) is 26.2. The number of ether oxygens (including phenoxy) is 1. The van der Waals surface area contributed by atoms with E-state index >= 15 is 0 Å². The molecule has 0 unspecified atom stereocenters. The van der Waals surface area contributed by atoms with Gasteiger partial charge in [-0.05, 0) is 57.7 Å². The minimum Gasteiger partial charge on any atom is -0.377 e. The smallest absolute Gasteiger partial charge is 0.0802 e. The molecular formula is C12H24N2O. The van der Waals surface area contributed by atoms with Gasteiger partial charge in [-0.1, -0.05) is 0 Å². The molecule has 0 aromatic carbocycles. The zero-order valence-corrected chi connectivity index (χ0v) is 9.85. The quantitative estimate of drug-likeness (QED) is 0.717. The van der Waals surface area contributed by atoms with E-state index in [1.165, 1.54) is 51.7 Å². The van der Waals surface area contributed by atoms with Crippen LogP contribution >= 0.6 is 0 Å². The van der Waals surface area contributed by atoms with E-state index in [0.29, 0.717) is 0 Å². The zero-order valence-electron chi connectivity index (χ0n) is 9.85. The lowest BCUT2D eigenvalue weighted by molar-refractivity contribution is -0.0697. The van der Waals surface area contributed by atoms with E-state index in [4.69, 9.17) is 4.74 Å². The molecule has 3 nitrogen and oxygen atoms in total. The first-order valence-electron chi connectivity index (χ1n) is 6.31. The summed E-state index contributed by atoms with van der Waals surface area (Å²) in [5, 5.41) is 7.00. The van der Waals surface area contributed by atoms with Gasteiger partial charge in [-0.2, -0.15) is 0 Å². The average molecular weight is 212 g/mol. The van der Waals surface area contributed by atoms with Crippen molar-refractivity contribution in [2.75, 3.05) is 33.3 Å². The first-order chi connectivity index (χ1) is 7.35. The fourth-order valence-corrected chi connectivity index (χ4v) is 2.61. The lowest BCUT2D eigenvalue weighted by Gasteiger charge is -2.41. The molecule has 0 atom stereocenters. The highest BCUT2D eigenvalue weighted by Gasteiger charge is 2.36. The van der Waals surface area contributed by atoms with E-state index in [1.54, 1.807) is 0 Å². The summed E-state index contributed by atoms with van der Waals surface area (Å²) in [6, 6.07) is 0. The maximum Gasteiger partial charge on any atom is 0.0802 e. The van der Waals surface area contributed by atoms with Crippen LogP contribution in [0.1, 0.15) is 32.1 Å². The highest BCUT2D eigenvalue weighted by Crippen LogP contribution is 2.34. The van der Waals surface area contributed by atoms with Gasteiger partial charge in [-0.15, -0.1) is 0 Å². The van der Waals surface area contributed by atoms with Crippen molar-refractivity contribution in [3.8, 4) is 0 Å². The van der Waals surface area contributed by atoms with Crippen LogP contribution in [0.25, 0.3) is 0 Å². The second-order valence-corrected chi connectivity index (χ2v) is 5.06. The monoisotopic (exact) mass is 212 g/mol. The van der Waals surface area contributed by atoms with Gasteiger partial charge in [0.05, 0.1) is 5.60 Å². The van der Waals surface area contributed by atoms with Gasteiger partial charge in [0, 0.05) is 13.7 Å². The lowest BCUT2D eigenvalue weighted by Crippen LogP contribution is -2.49. The Morgan fingerprint density at radius 2 is 2.07 bits per heavy atom. The van der Waals surface area contributed by atoms with Gasteiger partial charge >= 0.3 is 0 Å². The summed E-state index contributed by atoms with van der Waals surface area (Å²) in [7, 11) is 1.85. The third-order valence-corrected chi connectivity index (χ3v) is 4.04. The van der Waals surface area contributed by atoms with Gasteiger partial charge in [-0.25, -0.2) is 0 Å². The first kappa shape index (κ1) is 11.4. The molecule has 0 radical (unpaired) electrons. The molecular weight excluding hydrogens is 188 g/mol. The van der Waals surface area contributed by atoms with Crippen molar-refractivity contribution in [3.63, 3.8) is 0 Å². The molecule has 1 aliphatic carbocycles. The van der Waals surface area contributed by atoms with Crippen molar-refractivity contribution < 1.29 is 4.74 Å². The lowest BCUT2D eigenvalue weighted by atomic mass is 9.80. The molecule has 0 aromatic rings. The number of hydrogen-bond donors (Lipinski definition) is 2. The van der Waals surface area contributed by atoms with Gasteiger partial charge in [0.15, 0.2) is 0 Å². The van der Waals surface area contributed by atoms with Crippen LogP contribution in [-0.4, -0.2) is 38.9 Å². The van der Waals surface area contributed by atoms with E-state index in [1.807, 2.05) is 7.11 Å². The Hall–Kier alpha value is -0.120. The maximum absolute atomic E-state index is 5.59. The van der Waals surface area contributed by atoms with Crippen LogP contribution < -0.4 is 10.6 Å². The van der Waals surface area contributed by atoms with Crippen molar-refractivity contribution in [2.45, 2.75) is 37.7 Å². The minimum atomic E-state index is 0.187. The second kappa shape index (κ2) is 5.28. The molecule has 2 rings (SSSR count). The Labute approximate surface area is 93.0 Å². The van der Waals surface area contributed by atoms with Crippen LogP contribution in [-0.2, 0) is 4.74 Å². The van der Waals surface area contributed by atoms with Crippen LogP contribution in [0.15, 0.2) is 0 Å². The van der Waals surface area contributed by atoms with Gasteiger partial charge in [0.25, 0.3) is 0 Å².